The van der Waals surface area contributed by atoms with Gasteiger partial charge in [0.15, 0.2) is 0 Å². The van der Waals surface area contributed by atoms with Crippen molar-refractivity contribution in [3.8, 4) is 5.75 Å². The highest BCUT2D eigenvalue weighted by Gasteiger charge is 2.28. The van der Waals surface area contributed by atoms with Crippen LogP contribution in [0.3, 0.4) is 0 Å². The van der Waals surface area contributed by atoms with Crippen LogP contribution in [0.15, 0.2) is 74.6 Å². The van der Waals surface area contributed by atoms with Crippen molar-refractivity contribution in [2.45, 2.75) is 25.6 Å². The summed E-state index contributed by atoms with van der Waals surface area (Å²) in [6.07, 6.45) is 0.270. The Morgan fingerprint density at radius 3 is 2.52 bits per heavy atom. The van der Waals surface area contributed by atoms with Gasteiger partial charge in [-0.05, 0) is 64.3 Å². The van der Waals surface area contributed by atoms with E-state index < -0.39 is 0 Å². The summed E-state index contributed by atoms with van der Waals surface area (Å²) in [7, 11) is 0. The summed E-state index contributed by atoms with van der Waals surface area (Å²) >= 11 is 6.76. The number of nitrogens with one attached hydrogen (secondary N) is 1. The second kappa shape index (κ2) is 8.38. The Balaban J connectivity index is 1.78. The van der Waals surface area contributed by atoms with E-state index in [1.807, 2.05) is 12.1 Å². The number of phenolic OH excluding ortho intramolecular Hbond substituents is 1. The molecule has 0 aromatic heterocycles. The molecule has 148 valence electrons. The average Bonchev–Trinajstić information content (AvgIpc) is 2.72. The van der Waals surface area contributed by atoms with E-state index in [1.165, 1.54) is 11.6 Å². The van der Waals surface area contributed by atoms with E-state index in [4.69, 9.17) is 4.99 Å². The van der Waals surface area contributed by atoms with Crippen molar-refractivity contribution in [2.24, 2.45) is 4.99 Å². The zero-order valence-electron chi connectivity index (χ0n) is 15.7. The van der Waals surface area contributed by atoms with Crippen LogP contribution in [0.4, 0.5) is 4.39 Å². The molecule has 4 rings (SSSR count). The van der Waals surface area contributed by atoms with Crippen LogP contribution in [0.5, 0.6) is 5.75 Å². The third kappa shape index (κ3) is 4.44. The van der Waals surface area contributed by atoms with Crippen LogP contribution >= 0.6 is 31.9 Å². The highest BCUT2D eigenvalue weighted by Crippen LogP contribution is 2.36. The summed E-state index contributed by atoms with van der Waals surface area (Å²) in [5.74, 6) is -0.0802. The molecule has 1 aliphatic rings. The number of aromatic hydroxyl groups is 1. The number of halogens is 3. The number of aryl methyl sites for hydroxylation is 1. The van der Waals surface area contributed by atoms with E-state index in [1.54, 1.807) is 18.2 Å². The van der Waals surface area contributed by atoms with Crippen LogP contribution in [0.25, 0.3) is 0 Å². The zero-order chi connectivity index (χ0) is 20.5. The molecule has 1 aliphatic heterocycles. The van der Waals surface area contributed by atoms with Gasteiger partial charge in [0.25, 0.3) is 0 Å². The molecule has 0 aliphatic carbocycles. The summed E-state index contributed by atoms with van der Waals surface area (Å²) < 4.78 is 15.0. The van der Waals surface area contributed by atoms with Gasteiger partial charge in [0.05, 0.1) is 4.47 Å². The molecule has 0 saturated heterocycles. The van der Waals surface area contributed by atoms with Gasteiger partial charge in [-0.3, -0.25) is 10.3 Å². The average molecular weight is 518 g/mol. The summed E-state index contributed by atoms with van der Waals surface area (Å²) in [6, 6.07) is 18.4. The Morgan fingerprint density at radius 1 is 1.03 bits per heavy atom. The molecule has 3 nitrogen and oxygen atoms in total. The van der Waals surface area contributed by atoms with Gasteiger partial charge in [0.1, 0.15) is 17.7 Å². The van der Waals surface area contributed by atoms with E-state index >= 15 is 0 Å². The van der Waals surface area contributed by atoms with Crippen LogP contribution in [-0.2, 0) is 0 Å². The number of nitrogens with zero attached hydrogens (tertiary/aromatic N) is 1. The lowest BCUT2D eigenvalue weighted by atomic mass is 9.93. The second-order valence-corrected chi connectivity index (χ2v) is 8.91. The molecule has 0 amide bonds. The SMILES string of the molecule is Cc1ccc(C2=NC(c3ccc(F)c(Br)c3)NC(c3cc(Br)ccc3O)C2)cc1. The van der Waals surface area contributed by atoms with Crippen LogP contribution in [0.1, 0.15) is 40.9 Å². The van der Waals surface area contributed by atoms with Crippen LogP contribution in [0.2, 0.25) is 0 Å². The van der Waals surface area contributed by atoms with Crippen LogP contribution in [-0.4, -0.2) is 10.8 Å². The fraction of sp³-hybridized carbons (Fsp3) is 0.174. The Kier molecular flexibility index (Phi) is 5.86. The highest BCUT2D eigenvalue weighted by atomic mass is 79.9. The summed E-state index contributed by atoms with van der Waals surface area (Å²) in [4.78, 5) is 4.92. The van der Waals surface area contributed by atoms with Crippen molar-refractivity contribution >= 4 is 37.6 Å². The molecule has 0 saturated carbocycles. The molecule has 0 fully saturated rings. The number of rotatable bonds is 3. The first-order chi connectivity index (χ1) is 13.9. The van der Waals surface area contributed by atoms with Gasteiger partial charge in [-0.2, -0.15) is 0 Å². The van der Waals surface area contributed by atoms with E-state index in [0.717, 1.165) is 26.9 Å². The maximum atomic E-state index is 13.7. The van der Waals surface area contributed by atoms with Gasteiger partial charge < -0.3 is 5.11 Å². The quantitative estimate of drug-likeness (QED) is 0.411. The predicted octanol–water partition coefficient (Wildman–Crippen LogP) is 6.59. The third-order valence-corrected chi connectivity index (χ3v) is 6.15. The molecular formula is C23H19Br2FN2O. The van der Waals surface area contributed by atoms with Crippen LogP contribution < -0.4 is 5.32 Å². The largest absolute Gasteiger partial charge is 0.508 e. The van der Waals surface area contributed by atoms with Gasteiger partial charge in [-0.15, -0.1) is 0 Å². The van der Waals surface area contributed by atoms with Gasteiger partial charge in [-0.1, -0.05) is 51.8 Å². The lowest BCUT2D eigenvalue weighted by Gasteiger charge is -2.31. The van der Waals surface area contributed by atoms with Crippen molar-refractivity contribution in [2.75, 3.05) is 0 Å². The van der Waals surface area contributed by atoms with Crippen molar-refractivity contribution in [1.29, 1.82) is 0 Å². The lowest BCUT2D eigenvalue weighted by Crippen LogP contribution is -2.33. The number of hydrogen-bond acceptors (Lipinski definition) is 3. The van der Waals surface area contributed by atoms with Gasteiger partial charge in [-0.25, -0.2) is 4.39 Å². The van der Waals surface area contributed by atoms with Gasteiger partial charge in [0, 0.05) is 28.2 Å². The standard InChI is InChI=1S/C23H19Br2FN2O/c1-13-2-4-14(5-3-13)20-12-21(17-11-16(24)7-9-22(17)29)28-23(27-20)15-6-8-19(26)18(25)10-15/h2-11,21,23,28-29H,12H2,1H3. The number of aliphatic imine (C=N–C) groups is 1. The fourth-order valence-electron chi connectivity index (χ4n) is 3.48. The third-order valence-electron chi connectivity index (χ3n) is 5.05. The first-order valence-corrected chi connectivity index (χ1v) is 10.8. The van der Waals surface area contributed by atoms with Gasteiger partial charge in [0.2, 0.25) is 0 Å². The lowest BCUT2D eigenvalue weighted by molar-refractivity contribution is 0.412. The number of hydrogen-bond donors (Lipinski definition) is 2. The molecular weight excluding hydrogens is 499 g/mol. The highest BCUT2D eigenvalue weighted by molar-refractivity contribution is 9.10. The molecule has 1 heterocycles. The number of benzene rings is 3. The van der Waals surface area contributed by atoms with E-state index in [-0.39, 0.29) is 23.8 Å². The first kappa shape index (κ1) is 20.3. The molecule has 2 N–H and O–H groups in total. The van der Waals surface area contributed by atoms with E-state index in [0.29, 0.717) is 10.9 Å². The van der Waals surface area contributed by atoms with Crippen molar-refractivity contribution in [3.05, 3.63) is 97.7 Å². The molecule has 2 atom stereocenters. The summed E-state index contributed by atoms with van der Waals surface area (Å²) in [5, 5.41) is 14.0. The normalized spacial score (nSPS) is 19.1. The minimum absolute atomic E-state index is 0.143. The molecule has 3 aromatic carbocycles. The first-order valence-electron chi connectivity index (χ1n) is 9.24. The van der Waals surface area contributed by atoms with Crippen molar-refractivity contribution < 1.29 is 9.50 Å². The molecule has 0 bridgehead atoms. The fourth-order valence-corrected chi connectivity index (χ4v) is 4.26. The molecule has 3 aromatic rings. The minimum atomic E-state index is -0.361. The Bertz CT molecular complexity index is 1080. The van der Waals surface area contributed by atoms with Crippen LogP contribution in [0, 0.1) is 12.7 Å². The Labute approximate surface area is 186 Å². The molecule has 29 heavy (non-hydrogen) atoms. The molecule has 0 spiro atoms. The zero-order valence-corrected chi connectivity index (χ0v) is 18.8. The summed E-state index contributed by atoms with van der Waals surface area (Å²) in [6.45, 7) is 2.05. The molecule has 2 unspecified atom stereocenters. The number of phenols is 1. The van der Waals surface area contributed by atoms with E-state index in [2.05, 4.69) is 68.4 Å². The molecule has 0 radical (unpaired) electrons. The maximum Gasteiger partial charge on any atom is 0.137 e. The van der Waals surface area contributed by atoms with Crippen molar-refractivity contribution in [1.82, 2.24) is 5.32 Å². The Hall–Kier alpha value is -2.02. The molecule has 6 heteroatoms. The van der Waals surface area contributed by atoms with Crippen molar-refractivity contribution in [3.63, 3.8) is 0 Å². The maximum absolute atomic E-state index is 13.7. The van der Waals surface area contributed by atoms with E-state index in [9.17, 15) is 9.50 Å². The van der Waals surface area contributed by atoms with Gasteiger partial charge >= 0.3 is 0 Å². The summed E-state index contributed by atoms with van der Waals surface area (Å²) in [5.41, 5.74) is 4.82. The predicted molar refractivity (Wildman–Crippen MR) is 121 cm³/mol. The minimum Gasteiger partial charge on any atom is -0.508 e. The monoisotopic (exact) mass is 516 g/mol. The topological polar surface area (TPSA) is 44.6 Å². The second-order valence-electron chi connectivity index (χ2n) is 7.14. The smallest absolute Gasteiger partial charge is 0.137 e. The Morgan fingerprint density at radius 2 is 1.79 bits per heavy atom.